The zero-order valence-corrected chi connectivity index (χ0v) is 12.2. The summed E-state index contributed by atoms with van der Waals surface area (Å²) in [6.07, 6.45) is 0.168. The highest BCUT2D eigenvalue weighted by molar-refractivity contribution is 6.30. The number of piperazine rings is 1. The summed E-state index contributed by atoms with van der Waals surface area (Å²) >= 11 is 5.95. The van der Waals surface area contributed by atoms with Gasteiger partial charge in [-0.15, -0.1) is 0 Å². The zero-order chi connectivity index (χ0) is 14.7. The molecule has 1 unspecified atom stereocenters. The standard InChI is InChI=1S/C14H17ClN2O3/c1-9-14(19)16-5-6-17(9)13(18)8-10-7-11(15)3-4-12(10)20-2/h3-4,7,9H,5-6,8H2,1-2H3,(H,16,19). The Bertz CT molecular complexity index is 533. The predicted octanol–water partition coefficient (Wildman–Crippen LogP) is 1.24. The van der Waals surface area contributed by atoms with Crippen molar-refractivity contribution in [2.24, 2.45) is 0 Å². The van der Waals surface area contributed by atoms with Gasteiger partial charge in [0, 0.05) is 23.7 Å². The van der Waals surface area contributed by atoms with E-state index in [0.29, 0.717) is 23.9 Å². The van der Waals surface area contributed by atoms with Crippen LogP contribution in [0.25, 0.3) is 0 Å². The molecule has 0 aliphatic carbocycles. The van der Waals surface area contributed by atoms with E-state index in [1.165, 1.54) is 0 Å². The number of hydrogen-bond donors (Lipinski definition) is 1. The van der Waals surface area contributed by atoms with Gasteiger partial charge < -0.3 is 15.0 Å². The first-order valence-electron chi connectivity index (χ1n) is 6.42. The normalized spacial score (nSPS) is 18.6. The number of benzene rings is 1. The van der Waals surface area contributed by atoms with Crippen LogP contribution in [0.15, 0.2) is 18.2 Å². The maximum absolute atomic E-state index is 12.4. The first kappa shape index (κ1) is 14.7. The van der Waals surface area contributed by atoms with Crippen molar-refractivity contribution >= 4 is 23.4 Å². The third kappa shape index (κ3) is 3.04. The molecule has 0 bridgehead atoms. The predicted molar refractivity (Wildman–Crippen MR) is 75.9 cm³/mol. The molecule has 5 nitrogen and oxygen atoms in total. The molecule has 2 rings (SSSR count). The van der Waals surface area contributed by atoms with E-state index in [9.17, 15) is 9.59 Å². The Labute approximate surface area is 122 Å². The lowest BCUT2D eigenvalue weighted by Crippen LogP contribution is -2.56. The highest BCUT2D eigenvalue weighted by Gasteiger charge is 2.29. The molecule has 1 saturated heterocycles. The van der Waals surface area contributed by atoms with Crippen LogP contribution < -0.4 is 10.1 Å². The Morgan fingerprint density at radius 3 is 3.00 bits per heavy atom. The van der Waals surface area contributed by atoms with Crippen molar-refractivity contribution in [3.8, 4) is 5.75 Å². The van der Waals surface area contributed by atoms with E-state index in [1.807, 2.05) is 0 Å². The summed E-state index contributed by atoms with van der Waals surface area (Å²) in [6.45, 7) is 2.73. The number of hydrogen-bond acceptors (Lipinski definition) is 3. The van der Waals surface area contributed by atoms with Crippen LogP contribution in [0.2, 0.25) is 5.02 Å². The number of halogens is 1. The Kier molecular flexibility index (Phi) is 4.49. The van der Waals surface area contributed by atoms with Crippen LogP contribution in [-0.2, 0) is 16.0 Å². The van der Waals surface area contributed by atoms with Gasteiger partial charge in [0.15, 0.2) is 0 Å². The monoisotopic (exact) mass is 296 g/mol. The van der Waals surface area contributed by atoms with E-state index in [2.05, 4.69) is 5.32 Å². The second-order valence-electron chi connectivity index (χ2n) is 4.69. The average molecular weight is 297 g/mol. The van der Waals surface area contributed by atoms with Gasteiger partial charge in [0.05, 0.1) is 13.5 Å². The maximum Gasteiger partial charge on any atom is 0.242 e. The topological polar surface area (TPSA) is 58.6 Å². The minimum atomic E-state index is -0.443. The number of carbonyl (C=O) groups is 2. The van der Waals surface area contributed by atoms with E-state index in [4.69, 9.17) is 16.3 Å². The number of nitrogens with one attached hydrogen (secondary N) is 1. The molecule has 2 amide bonds. The molecule has 0 spiro atoms. The van der Waals surface area contributed by atoms with Gasteiger partial charge in [0.2, 0.25) is 11.8 Å². The van der Waals surface area contributed by atoms with Gasteiger partial charge in [0.1, 0.15) is 11.8 Å². The summed E-state index contributed by atoms with van der Waals surface area (Å²) in [6, 6.07) is 4.72. The summed E-state index contributed by atoms with van der Waals surface area (Å²) in [7, 11) is 1.55. The third-order valence-corrected chi connectivity index (χ3v) is 3.64. The van der Waals surface area contributed by atoms with Gasteiger partial charge in [-0.05, 0) is 25.1 Å². The van der Waals surface area contributed by atoms with Crippen LogP contribution in [0.5, 0.6) is 5.75 Å². The number of rotatable bonds is 3. The Morgan fingerprint density at radius 1 is 1.55 bits per heavy atom. The highest BCUT2D eigenvalue weighted by atomic mass is 35.5. The van der Waals surface area contributed by atoms with Gasteiger partial charge in [-0.3, -0.25) is 9.59 Å². The smallest absolute Gasteiger partial charge is 0.242 e. The molecule has 0 aromatic heterocycles. The summed E-state index contributed by atoms with van der Waals surface area (Å²) < 4.78 is 5.23. The fourth-order valence-corrected chi connectivity index (χ4v) is 2.47. The molecule has 1 atom stereocenters. The molecule has 1 N–H and O–H groups in total. The largest absolute Gasteiger partial charge is 0.496 e. The molecule has 1 aliphatic rings. The minimum absolute atomic E-state index is 0.104. The highest BCUT2D eigenvalue weighted by Crippen LogP contribution is 2.24. The van der Waals surface area contributed by atoms with Crippen LogP contribution in [0.4, 0.5) is 0 Å². The lowest BCUT2D eigenvalue weighted by Gasteiger charge is -2.33. The molecule has 0 radical (unpaired) electrons. The van der Waals surface area contributed by atoms with Gasteiger partial charge in [0.25, 0.3) is 0 Å². The molecular weight excluding hydrogens is 280 g/mol. The van der Waals surface area contributed by atoms with Crippen LogP contribution in [0.1, 0.15) is 12.5 Å². The van der Waals surface area contributed by atoms with E-state index < -0.39 is 6.04 Å². The van der Waals surface area contributed by atoms with Gasteiger partial charge in [-0.2, -0.15) is 0 Å². The fourth-order valence-electron chi connectivity index (χ4n) is 2.27. The first-order valence-corrected chi connectivity index (χ1v) is 6.80. The second kappa shape index (κ2) is 6.13. The molecule has 1 fully saturated rings. The molecule has 1 aliphatic heterocycles. The van der Waals surface area contributed by atoms with E-state index in [-0.39, 0.29) is 18.2 Å². The number of ether oxygens (including phenoxy) is 1. The van der Waals surface area contributed by atoms with Crippen LogP contribution in [0.3, 0.4) is 0 Å². The minimum Gasteiger partial charge on any atom is -0.496 e. The zero-order valence-electron chi connectivity index (χ0n) is 11.5. The van der Waals surface area contributed by atoms with Crippen LogP contribution in [-0.4, -0.2) is 43.0 Å². The van der Waals surface area contributed by atoms with Gasteiger partial charge in [-0.1, -0.05) is 11.6 Å². The van der Waals surface area contributed by atoms with Crippen molar-refractivity contribution in [1.82, 2.24) is 10.2 Å². The number of amides is 2. The van der Waals surface area contributed by atoms with Crippen molar-refractivity contribution < 1.29 is 14.3 Å². The van der Waals surface area contributed by atoms with Crippen LogP contribution in [0, 0.1) is 0 Å². The molecule has 0 saturated carbocycles. The number of nitrogens with zero attached hydrogens (tertiary/aromatic N) is 1. The van der Waals surface area contributed by atoms with Crippen molar-refractivity contribution in [3.05, 3.63) is 28.8 Å². The lowest BCUT2D eigenvalue weighted by atomic mass is 10.1. The first-order chi connectivity index (χ1) is 9.52. The summed E-state index contributed by atoms with van der Waals surface area (Å²) in [4.78, 5) is 25.5. The average Bonchev–Trinajstić information content (AvgIpc) is 2.42. The number of methoxy groups -OCH3 is 1. The Morgan fingerprint density at radius 2 is 2.30 bits per heavy atom. The van der Waals surface area contributed by atoms with Gasteiger partial charge >= 0.3 is 0 Å². The van der Waals surface area contributed by atoms with Crippen molar-refractivity contribution in [2.45, 2.75) is 19.4 Å². The summed E-state index contributed by atoms with van der Waals surface area (Å²) in [5.74, 6) is 0.396. The Balaban J connectivity index is 2.15. The van der Waals surface area contributed by atoms with Crippen molar-refractivity contribution in [3.63, 3.8) is 0 Å². The van der Waals surface area contributed by atoms with E-state index >= 15 is 0 Å². The maximum atomic E-state index is 12.4. The lowest BCUT2D eigenvalue weighted by molar-refractivity contribution is -0.142. The van der Waals surface area contributed by atoms with E-state index in [0.717, 1.165) is 5.56 Å². The van der Waals surface area contributed by atoms with Gasteiger partial charge in [-0.25, -0.2) is 0 Å². The quantitative estimate of drug-likeness (QED) is 0.913. The molecule has 1 heterocycles. The summed E-state index contributed by atoms with van der Waals surface area (Å²) in [5, 5.41) is 3.29. The Hall–Kier alpha value is -1.75. The molecule has 108 valence electrons. The SMILES string of the molecule is COc1ccc(Cl)cc1CC(=O)N1CCNC(=O)C1C. The third-order valence-electron chi connectivity index (χ3n) is 3.40. The molecule has 20 heavy (non-hydrogen) atoms. The van der Waals surface area contributed by atoms with E-state index in [1.54, 1.807) is 37.1 Å². The molecule has 6 heteroatoms. The number of carbonyl (C=O) groups excluding carboxylic acids is 2. The second-order valence-corrected chi connectivity index (χ2v) is 5.12. The van der Waals surface area contributed by atoms with Crippen molar-refractivity contribution in [2.75, 3.05) is 20.2 Å². The summed E-state index contributed by atoms with van der Waals surface area (Å²) in [5.41, 5.74) is 0.725. The van der Waals surface area contributed by atoms with Crippen molar-refractivity contribution in [1.29, 1.82) is 0 Å². The van der Waals surface area contributed by atoms with Crippen LogP contribution >= 0.6 is 11.6 Å². The molecule has 1 aromatic carbocycles. The molecular formula is C14H17ClN2O3. The molecule has 1 aromatic rings. The fraction of sp³-hybridized carbons (Fsp3) is 0.429.